The first kappa shape index (κ1) is 19.3. The summed E-state index contributed by atoms with van der Waals surface area (Å²) in [5.41, 5.74) is 2.58. The molecule has 0 fully saturated rings. The fraction of sp³-hybridized carbons (Fsp3) is 0.211. The number of hydrogen-bond acceptors (Lipinski definition) is 5. The van der Waals surface area contributed by atoms with Crippen LogP contribution in [0, 0.1) is 0 Å². The van der Waals surface area contributed by atoms with Gasteiger partial charge < -0.3 is 14.2 Å². The lowest BCUT2D eigenvalue weighted by Gasteiger charge is -2.19. The smallest absolute Gasteiger partial charge is 0.339 e. The molecule has 0 spiro atoms. The minimum absolute atomic E-state index is 0.151. The molecule has 140 valence electrons. The first-order valence-corrected chi connectivity index (χ1v) is 9.47. The summed E-state index contributed by atoms with van der Waals surface area (Å²) in [6, 6.07) is 12.3. The van der Waals surface area contributed by atoms with E-state index in [-0.39, 0.29) is 11.7 Å². The number of para-hydroxylation sites is 1. The maximum absolute atomic E-state index is 12.7. The molecular formula is C19H18ClN3O3S. The molecule has 0 N–H and O–H groups in total. The van der Waals surface area contributed by atoms with E-state index in [9.17, 15) is 9.59 Å². The maximum atomic E-state index is 12.7. The van der Waals surface area contributed by atoms with Gasteiger partial charge in [-0.1, -0.05) is 35.5 Å². The van der Waals surface area contributed by atoms with Crippen LogP contribution < -0.4 is 4.90 Å². The highest BCUT2D eigenvalue weighted by Gasteiger charge is 2.20. The van der Waals surface area contributed by atoms with E-state index in [1.165, 1.54) is 23.8 Å². The fourth-order valence-electron chi connectivity index (χ4n) is 2.69. The maximum Gasteiger partial charge on any atom is 0.339 e. The van der Waals surface area contributed by atoms with Gasteiger partial charge in [0.05, 0.1) is 35.1 Å². The average molecular weight is 404 g/mol. The van der Waals surface area contributed by atoms with Gasteiger partial charge in [0.25, 0.3) is 0 Å². The highest BCUT2D eigenvalue weighted by Crippen LogP contribution is 2.26. The van der Waals surface area contributed by atoms with E-state index in [4.69, 9.17) is 16.3 Å². The number of ether oxygens (including phenoxy) is 1. The molecule has 6 nitrogen and oxygen atoms in total. The molecule has 0 saturated carbocycles. The number of hydrogen-bond donors (Lipinski definition) is 0. The van der Waals surface area contributed by atoms with E-state index in [1.54, 1.807) is 37.4 Å². The molecule has 3 aromatic rings. The zero-order chi connectivity index (χ0) is 19.6. The molecule has 27 heavy (non-hydrogen) atoms. The number of esters is 1. The Labute approximate surface area is 166 Å². The number of carbonyl (C=O) groups excluding carboxylic acids is 2. The highest BCUT2D eigenvalue weighted by molar-refractivity contribution is 7.99. The molecule has 0 aliphatic heterocycles. The van der Waals surface area contributed by atoms with E-state index in [0.717, 1.165) is 16.2 Å². The van der Waals surface area contributed by atoms with Crippen molar-refractivity contribution in [1.29, 1.82) is 0 Å². The summed E-state index contributed by atoms with van der Waals surface area (Å²) in [6.07, 6.45) is 0. The number of imidazole rings is 1. The number of aromatic nitrogens is 2. The van der Waals surface area contributed by atoms with Crippen molar-refractivity contribution >= 4 is 52.0 Å². The van der Waals surface area contributed by atoms with Crippen molar-refractivity contribution in [2.24, 2.45) is 7.05 Å². The molecule has 0 atom stereocenters. The zero-order valence-electron chi connectivity index (χ0n) is 15.1. The Morgan fingerprint density at radius 2 is 2.00 bits per heavy atom. The van der Waals surface area contributed by atoms with Crippen LogP contribution in [0.2, 0.25) is 5.02 Å². The van der Waals surface area contributed by atoms with Crippen LogP contribution in [0.25, 0.3) is 11.0 Å². The third-order valence-corrected chi connectivity index (χ3v) is 5.42. The number of amides is 1. The number of fused-ring (bicyclic) bond motifs is 1. The molecule has 0 unspecified atom stereocenters. The largest absolute Gasteiger partial charge is 0.465 e. The van der Waals surface area contributed by atoms with Gasteiger partial charge in [0.15, 0.2) is 5.16 Å². The van der Waals surface area contributed by atoms with Gasteiger partial charge in [0, 0.05) is 19.1 Å². The predicted molar refractivity (Wildman–Crippen MR) is 108 cm³/mol. The molecule has 0 bridgehead atoms. The summed E-state index contributed by atoms with van der Waals surface area (Å²) in [5, 5.41) is 1.34. The van der Waals surface area contributed by atoms with E-state index in [0.29, 0.717) is 16.3 Å². The molecule has 8 heteroatoms. The second-order valence-electron chi connectivity index (χ2n) is 5.84. The van der Waals surface area contributed by atoms with Gasteiger partial charge in [-0.25, -0.2) is 9.78 Å². The molecule has 3 rings (SSSR count). The number of anilines is 1. The minimum Gasteiger partial charge on any atom is -0.465 e. The standard InChI is InChI=1S/C19H18ClN3O3S/c1-22(15-7-5-4-6-13(15)18(25)26-3)17(24)11-27-19-21-14-10-12(20)8-9-16(14)23(19)2/h4-10H,11H2,1-3H3. The quantitative estimate of drug-likeness (QED) is 0.479. The highest BCUT2D eigenvalue weighted by atomic mass is 35.5. The molecule has 0 aliphatic rings. The molecule has 0 radical (unpaired) electrons. The van der Waals surface area contributed by atoms with Crippen molar-refractivity contribution < 1.29 is 14.3 Å². The first-order chi connectivity index (χ1) is 12.9. The summed E-state index contributed by atoms with van der Waals surface area (Å²) in [7, 11) is 4.85. The number of thioether (sulfide) groups is 1. The van der Waals surface area contributed by atoms with Crippen LogP contribution in [0.4, 0.5) is 5.69 Å². The number of methoxy groups -OCH3 is 1. The lowest BCUT2D eigenvalue weighted by Crippen LogP contribution is -2.29. The van der Waals surface area contributed by atoms with Crippen LogP contribution in [-0.2, 0) is 16.6 Å². The zero-order valence-corrected chi connectivity index (χ0v) is 16.7. The Hall–Kier alpha value is -2.51. The van der Waals surface area contributed by atoms with Crippen LogP contribution in [0.15, 0.2) is 47.6 Å². The van der Waals surface area contributed by atoms with Crippen LogP contribution in [0.3, 0.4) is 0 Å². The number of rotatable bonds is 5. The molecule has 1 heterocycles. The first-order valence-electron chi connectivity index (χ1n) is 8.11. The summed E-state index contributed by atoms with van der Waals surface area (Å²) < 4.78 is 6.71. The number of halogens is 1. The van der Waals surface area contributed by atoms with Crippen molar-refractivity contribution in [3.63, 3.8) is 0 Å². The lowest BCUT2D eigenvalue weighted by molar-refractivity contribution is -0.115. The molecule has 2 aromatic carbocycles. The Kier molecular flexibility index (Phi) is 5.72. The predicted octanol–water partition coefficient (Wildman–Crippen LogP) is 3.77. The van der Waals surface area contributed by atoms with Gasteiger partial charge in [-0.05, 0) is 30.3 Å². The average Bonchev–Trinajstić information content (AvgIpc) is 2.99. The molecule has 0 saturated heterocycles. The second kappa shape index (κ2) is 8.02. The van der Waals surface area contributed by atoms with E-state index < -0.39 is 5.97 Å². The van der Waals surface area contributed by atoms with Crippen LogP contribution in [0.1, 0.15) is 10.4 Å². The van der Waals surface area contributed by atoms with E-state index in [1.807, 2.05) is 23.7 Å². The van der Waals surface area contributed by atoms with Gasteiger partial charge in [-0.3, -0.25) is 4.79 Å². The molecule has 0 aliphatic carbocycles. The van der Waals surface area contributed by atoms with Crippen molar-refractivity contribution in [2.75, 3.05) is 24.8 Å². The minimum atomic E-state index is -0.481. The van der Waals surface area contributed by atoms with Gasteiger partial charge in [0.2, 0.25) is 5.91 Å². The van der Waals surface area contributed by atoms with Gasteiger partial charge in [0.1, 0.15) is 0 Å². The number of aryl methyl sites for hydroxylation is 1. The van der Waals surface area contributed by atoms with E-state index >= 15 is 0 Å². The second-order valence-corrected chi connectivity index (χ2v) is 7.22. The number of benzene rings is 2. The third kappa shape index (κ3) is 3.94. The van der Waals surface area contributed by atoms with Gasteiger partial charge in [-0.2, -0.15) is 0 Å². The molecular weight excluding hydrogens is 386 g/mol. The summed E-state index contributed by atoms with van der Waals surface area (Å²) in [4.78, 5) is 30.6. The van der Waals surface area contributed by atoms with Crippen molar-refractivity contribution in [2.45, 2.75) is 5.16 Å². The summed E-state index contributed by atoms with van der Waals surface area (Å²) in [5.74, 6) is -0.455. The van der Waals surface area contributed by atoms with Crippen molar-refractivity contribution in [1.82, 2.24) is 9.55 Å². The molecule has 1 amide bonds. The Bertz CT molecular complexity index is 1020. The Morgan fingerprint density at radius 3 is 2.74 bits per heavy atom. The monoisotopic (exact) mass is 403 g/mol. The fourth-order valence-corrected chi connectivity index (χ4v) is 3.75. The van der Waals surface area contributed by atoms with Crippen LogP contribution in [-0.4, -0.2) is 41.3 Å². The van der Waals surface area contributed by atoms with Gasteiger partial charge >= 0.3 is 5.97 Å². The lowest BCUT2D eigenvalue weighted by atomic mass is 10.1. The van der Waals surface area contributed by atoms with Crippen LogP contribution in [0.5, 0.6) is 0 Å². The van der Waals surface area contributed by atoms with Crippen molar-refractivity contribution in [3.8, 4) is 0 Å². The SMILES string of the molecule is COC(=O)c1ccccc1N(C)C(=O)CSc1nc2cc(Cl)ccc2n1C. The third-order valence-electron chi connectivity index (χ3n) is 4.17. The normalized spacial score (nSPS) is 10.8. The summed E-state index contributed by atoms with van der Waals surface area (Å²) >= 11 is 7.35. The van der Waals surface area contributed by atoms with Crippen molar-refractivity contribution in [3.05, 3.63) is 53.1 Å². The van der Waals surface area contributed by atoms with E-state index in [2.05, 4.69) is 4.98 Å². The Morgan fingerprint density at radius 1 is 1.26 bits per heavy atom. The summed E-state index contributed by atoms with van der Waals surface area (Å²) in [6.45, 7) is 0. The number of nitrogens with zero attached hydrogens (tertiary/aromatic N) is 3. The van der Waals surface area contributed by atoms with Crippen LogP contribution >= 0.6 is 23.4 Å². The number of carbonyl (C=O) groups is 2. The Balaban J connectivity index is 1.77. The topological polar surface area (TPSA) is 64.4 Å². The molecule has 1 aromatic heterocycles. The van der Waals surface area contributed by atoms with Gasteiger partial charge in [-0.15, -0.1) is 0 Å².